The summed E-state index contributed by atoms with van der Waals surface area (Å²) in [6.45, 7) is 6.37. The van der Waals surface area contributed by atoms with E-state index in [0.717, 1.165) is 19.4 Å². The van der Waals surface area contributed by atoms with Crippen LogP contribution in [0.4, 0.5) is 0 Å². The average Bonchev–Trinajstić information content (AvgIpc) is 2.27. The largest absolute Gasteiger partial charge is 0.377 e. The van der Waals surface area contributed by atoms with Crippen molar-refractivity contribution in [3.63, 3.8) is 0 Å². The second kappa shape index (κ2) is 6.45. The van der Waals surface area contributed by atoms with E-state index in [1.807, 2.05) is 0 Å². The third-order valence-electron chi connectivity index (χ3n) is 2.44. The number of rotatable bonds is 4. The fraction of sp³-hybridized carbons (Fsp3) is 0.727. The third-order valence-corrected chi connectivity index (χ3v) is 2.44. The van der Waals surface area contributed by atoms with Gasteiger partial charge in [0.2, 0.25) is 0 Å². The first kappa shape index (κ1) is 12.0. The second-order valence-electron chi connectivity index (χ2n) is 3.86. The minimum atomic E-state index is 0.380. The first-order valence-electron chi connectivity index (χ1n) is 5.54. The highest BCUT2D eigenvalue weighted by Gasteiger charge is 2.03. The van der Waals surface area contributed by atoms with Crippen LogP contribution in [0.15, 0.2) is 16.6 Å². The quantitative estimate of drug-likeness (QED) is 0.415. The van der Waals surface area contributed by atoms with E-state index >= 15 is 0 Å². The van der Waals surface area contributed by atoms with E-state index in [1.165, 1.54) is 5.57 Å². The molecule has 1 aliphatic heterocycles. The van der Waals surface area contributed by atoms with Crippen molar-refractivity contribution in [2.45, 2.75) is 32.7 Å². The number of nitrogens with one attached hydrogen (secondary N) is 1. The van der Waals surface area contributed by atoms with Gasteiger partial charge >= 0.3 is 0 Å². The molecule has 0 amide bonds. The highest BCUT2D eigenvalue weighted by molar-refractivity contribution is 5.78. The summed E-state index contributed by atoms with van der Waals surface area (Å²) in [6.07, 6.45) is 4.22. The first-order valence-corrected chi connectivity index (χ1v) is 5.54. The predicted octanol–water partition coefficient (Wildman–Crippen LogP) is 1.04. The summed E-state index contributed by atoms with van der Waals surface area (Å²) in [7, 11) is 0. The van der Waals surface area contributed by atoms with Gasteiger partial charge in [-0.2, -0.15) is 0 Å². The number of ether oxygens (including phenoxy) is 1. The lowest BCUT2D eigenvalue weighted by atomic mass is 10.2. The summed E-state index contributed by atoms with van der Waals surface area (Å²) in [5.41, 5.74) is 6.96. The van der Waals surface area contributed by atoms with E-state index in [0.29, 0.717) is 25.2 Å². The smallest absolute Gasteiger partial charge is 0.189 e. The molecule has 4 nitrogen and oxygen atoms in total. The van der Waals surface area contributed by atoms with Crippen LogP contribution in [0.25, 0.3) is 0 Å². The molecule has 0 saturated carbocycles. The second-order valence-corrected chi connectivity index (χ2v) is 3.86. The molecule has 1 aliphatic rings. The van der Waals surface area contributed by atoms with Gasteiger partial charge in [0.15, 0.2) is 5.96 Å². The minimum absolute atomic E-state index is 0.380. The van der Waals surface area contributed by atoms with Crippen LogP contribution in [0.1, 0.15) is 26.7 Å². The maximum Gasteiger partial charge on any atom is 0.189 e. The lowest BCUT2D eigenvalue weighted by Gasteiger charge is -2.14. The maximum absolute atomic E-state index is 5.74. The van der Waals surface area contributed by atoms with Crippen LogP contribution in [0.3, 0.4) is 0 Å². The molecule has 0 saturated heterocycles. The van der Waals surface area contributed by atoms with Crippen molar-refractivity contribution in [1.29, 1.82) is 0 Å². The van der Waals surface area contributed by atoms with Gasteiger partial charge in [0, 0.05) is 6.04 Å². The summed E-state index contributed by atoms with van der Waals surface area (Å²) < 4.78 is 5.32. The summed E-state index contributed by atoms with van der Waals surface area (Å²) in [4.78, 5) is 4.27. The summed E-state index contributed by atoms with van der Waals surface area (Å²) >= 11 is 0. The number of hydrogen-bond acceptors (Lipinski definition) is 2. The first-order chi connectivity index (χ1) is 7.22. The highest BCUT2D eigenvalue weighted by atomic mass is 16.5. The molecular formula is C11H21N3O. The van der Waals surface area contributed by atoms with Crippen LogP contribution < -0.4 is 11.1 Å². The normalized spacial score (nSPS) is 19.6. The van der Waals surface area contributed by atoms with Gasteiger partial charge in [-0.15, -0.1) is 0 Å². The van der Waals surface area contributed by atoms with E-state index in [2.05, 4.69) is 30.2 Å². The molecular weight excluding hydrogens is 190 g/mol. The molecule has 1 rings (SSSR count). The number of nitrogens with zero attached hydrogens (tertiary/aromatic N) is 1. The van der Waals surface area contributed by atoms with Crippen molar-refractivity contribution in [2.75, 3.05) is 19.8 Å². The van der Waals surface area contributed by atoms with Crippen LogP contribution in [0.2, 0.25) is 0 Å². The molecule has 0 fully saturated rings. The molecule has 3 N–H and O–H groups in total. The third kappa shape index (κ3) is 4.83. The monoisotopic (exact) mass is 211 g/mol. The zero-order chi connectivity index (χ0) is 11.1. The fourth-order valence-corrected chi connectivity index (χ4v) is 1.31. The molecule has 0 bridgehead atoms. The summed E-state index contributed by atoms with van der Waals surface area (Å²) in [5, 5.41) is 3.13. The fourth-order valence-electron chi connectivity index (χ4n) is 1.31. The molecule has 0 spiro atoms. The van der Waals surface area contributed by atoms with E-state index in [4.69, 9.17) is 10.5 Å². The van der Waals surface area contributed by atoms with Gasteiger partial charge in [0.05, 0.1) is 19.8 Å². The lowest BCUT2D eigenvalue weighted by molar-refractivity contribution is 0.150. The Labute approximate surface area is 91.6 Å². The van der Waals surface area contributed by atoms with Crippen LogP contribution >= 0.6 is 0 Å². The standard InChI is InChI=1S/C11H21N3O/c1-3-9(2)14-11(12)13-7-10-5-4-6-15-8-10/h5,9H,3-4,6-8H2,1-2H3,(H3,12,13,14). The van der Waals surface area contributed by atoms with Crippen LogP contribution in [0.5, 0.6) is 0 Å². The van der Waals surface area contributed by atoms with Gasteiger partial charge in [-0.25, -0.2) is 4.99 Å². The Bertz CT molecular complexity index is 248. The number of guanidine groups is 1. The van der Waals surface area contributed by atoms with Crippen molar-refractivity contribution in [3.8, 4) is 0 Å². The van der Waals surface area contributed by atoms with Gasteiger partial charge in [0.25, 0.3) is 0 Å². The maximum atomic E-state index is 5.74. The molecule has 0 aromatic carbocycles. The molecule has 15 heavy (non-hydrogen) atoms. The SMILES string of the molecule is CCC(C)NC(N)=NCC1=CCCOC1. The molecule has 0 aromatic heterocycles. The molecule has 1 heterocycles. The number of aliphatic imine (C=N–C) groups is 1. The molecule has 0 aliphatic carbocycles. The Kier molecular flexibility index (Phi) is 5.18. The van der Waals surface area contributed by atoms with E-state index in [9.17, 15) is 0 Å². The molecule has 1 unspecified atom stereocenters. The molecule has 86 valence electrons. The van der Waals surface area contributed by atoms with Crippen molar-refractivity contribution in [2.24, 2.45) is 10.7 Å². The van der Waals surface area contributed by atoms with Crippen molar-refractivity contribution in [1.82, 2.24) is 5.32 Å². The van der Waals surface area contributed by atoms with Crippen molar-refractivity contribution in [3.05, 3.63) is 11.6 Å². The van der Waals surface area contributed by atoms with Crippen molar-refractivity contribution < 1.29 is 4.74 Å². The zero-order valence-corrected chi connectivity index (χ0v) is 9.62. The molecule has 4 heteroatoms. The number of nitrogens with two attached hydrogens (primary N) is 1. The Morgan fingerprint density at radius 2 is 2.53 bits per heavy atom. The molecule has 0 aromatic rings. The highest BCUT2D eigenvalue weighted by Crippen LogP contribution is 2.05. The predicted molar refractivity (Wildman–Crippen MR) is 62.9 cm³/mol. The summed E-state index contributed by atoms with van der Waals surface area (Å²) in [6, 6.07) is 0.380. The van der Waals surface area contributed by atoms with Gasteiger partial charge < -0.3 is 15.8 Å². The average molecular weight is 211 g/mol. The van der Waals surface area contributed by atoms with E-state index in [-0.39, 0.29) is 0 Å². The lowest BCUT2D eigenvalue weighted by Crippen LogP contribution is -2.38. The van der Waals surface area contributed by atoms with Gasteiger partial charge in [-0.3, -0.25) is 0 Å². The zero-order valence-electron chi connectivity index (χ0n) is 9.62. The van der Waals surface area contributed by atoms with E-state index in [1.54, 1.807) is 0 Å². The van der Waals surface area contributed by atoms with Gasteiger partial charge in [-0.05, 0) is 25.3 Å². The van der Waals surface area contributed by atoms with Crippen LogP contribution in [-0.2, 0) is 4.74 Å². The number of hydrogen-bond donors (Lipinski definition) is 2. The van der Waals surface area contributed by atoms with E-state index < -0.39 is 0 Å². The Balaban J connectivity index is 2.32. The van der Waals surface area contributed by atoms with Gasteiger partial charge in [0.1, 0.15) is 0 Å². The van der Waals surface area contributed by atoms with Gasteiger partial charge in [-0.1, -0.05) is 13.0 Å². The topological polar surface area (TPSA) is 59.6 Å². The van der Waals surface area contributed by atoms with Crippen LogP contribution in [-0.4, -0.2) is 31.8 Å². The Morgan fingerprint density at radius 1 is 1.73 bits per heavy atom. The van der Waals surface area contributed by atoms with Crippen molar-refractivity contribution >= 4 is 5.96 Å². The Hall–Kier alpha value is -1.03. The summed E-state index contributed by atoms with van der Waals surface area (Å²) in [5.74, 6) is 0.524. The molecule has 1 atom stereocenters. The Morgan fingerprint density at radius 3 is 3.13 bits per heavy atom. The minimum Gasteiger partial charge on any atom is -0.377 e. The van der Waals surface area contributed by atoms with Crippen LogP contribution in [0, 0.1) is 0 Å². The molecule has 0 radical (unpaired) electrons.